The Morgan fingerprint density at radius 2 is 1.97 bits per heavy atom. The molecule has 0 saturated heterocycles. The molecule has 8 nitrogen and oxygen atoms in total. The smallest absolute Gasteiger partial charge is 0.240 e. The lowest BCUT2D eigenvalue weighted by molar-refractivity contribution is 0.304. The lowest BCUT2D eigenvalue weighted by atomic mass is 10.2. The second kappa shape index (κ2) is 10.8. The van der Waals surface area contributed by atoms with Crippen LogP contribution in [0.1, 0.15) is 6.92 Å². The van der Waals surface area contributed by atoms with Crippen molar-refractivity contribution in [3.05, 3.63) is 53.7 Å². The van der Waals surface area contributed by atoms with Crippen molar-refractivity contribution >= 4 is 43.9 Å². The fraction of sp³-hybridized carbons (Fsp3) is 0.375. The van der Waals surface area contributed by atoms with E-state index in [1.54, 1.807) is 24.4 Å². The second-order valence-corrected chi connectivity index (χ2v) is 10.4. The second-order valence-electron chi connectivity index (χ2n) is 8.18. The Hall–Kier alpha value is -2.59. The number of benzene rings is 2. The maximum atomic E-state index is 12.8. The van der Waals surface area contributed by atoms with Crippen molar-refractivity contribution in [3.8, 4) is 5.75 Å². The molecule has 2 N–H and O–H groups in total. The Kier molecular flexibility index (Phi) is 7.77. The number of likely N-dealkylation sites (N-methyl/N-ethyl adjacent to an activating group) is 2. The van der Waals surface area contributed by atoms with E-state index in [9.17, 15) is 8.42 Å². The van der Waals surface area contributed by atoms with Crippen molar-refractivity contribution in [1.82, 2.24) is 14.6 Å². The minimum atomic E-state index is -3.62. The molecule has 3 aromatic rings. The van der Waals surface area contributed by atoms with Crippen molar-refractivity contribution in [2.45, 2.75) is 11.8 Å². The van der Waals surface area contributed by atoms with Crippen LogP contribution in [0.25, 0.3) is 10.9 Å². The van der Waals surface area contributed by atoms with Crippen LogP contribution in [0.4, 0.5) is 11.4 Å². The van der Waals surface area contributed by atoms with E-state index in [2.05, 4.69) is 31.7 Å². The number of ether oxygens (including phenoxy) is 1. The van der Waals surface area contributed by atoms with Crippen molar-refractivity contribution < 1.29 is 13.2 Å². The number of hydrogen-bond acceptors (Lipinski definition) is 7. The van der Waals surface area contributed by atoms with Gasteiger partial charge in [-0.1, -0.05) is 18.5 Å². The van der Waals surface area contributed by atoms with Gasteiger partial charge in [-0.25, -0.2) is 13.1 Å². The summed E-state index contributed by atoms with van der Waals surface area (Å²) in [5.74, 6) is 0.601. The Morgan fingerprint density at radius 1 is 1.15 bits per heavy atom. The van der Waals surface area contributed by atoms with E-state index in [1.807, 2.05) is 31.3 Å². The first-order valence-electron chi connectivity index (χ1n) is 11.4. The summed E-state index contributed by atoms with van der Waals surface area (Å²) in [6, 6.07) is 12.6. The summed E-state index contributed by atoms with van der Waals surface area (Å²) in [6.07, 6.45) is 1.76. The van der Waals surface area contributed by atoms with Gasteiger partial charge < -0.3 is 19.9 Å². The maximum absolute atomic E-state index is 12.8. The van der Waals surface area contributed by atoms with Crippen LogP contribution in [0.3, 0.4) is 0 Å². The molecule has 0 unspecified atom stereocenters. The van der Waals surface area contributed by atoms with Crippen LogP contribution in [0, 0.1) is 0 Å². The molecule has 2 heterocycles. The molecule has 2 aromatic carbocycles. The zero-order valence-electron chi connectivity index (χ0n) is 19.4. The number of sulfonamides is 1. The fourth-order valence-electron chi connectivity index (χ4n) is 3.98. The number of hydrogen-bond donors (Lipinski definition) is 2. The predicted octanol–water partition coefficient (Wildman–Crippen LogP) is 3.43. The van der Waals surface area contributed by atoms with Gasteiger partial charge in [0.25, 0.3) is 0 Å². The number of rotatable bonds is 10. The average molecular weight is 504 g/mol. The number of nitrogens with one attached hydrogen (secondary N) is 2. The largest absolute Gasteiger partial charge is 0.490 e. The van der Waals surface area contributed by atoms with Gasteiger partial charge >= 0.3 is 0 Å². The van der Waals surface area contributed by atoms with Crippen molar-refractivity contribution in [3.63, 3.8) is 0 Å². The molecule has 10 heteroatoms. The van der Waals surface area contributed by atoms with Gasteiger partial charge in [-0.05, 0) is 42.9 Å². The number of pyridine rings is 1. The first kappa shape index (κ1) is 24.5. The van der Waals surface area contributed by atoms with E-state index in [4.69, 9.17) is 16.3 Å². The normalized spacial score (nSPS) is 13.7. The van der Waals surface area contributed by atoms with Crippen molar-refractivity contribution in [2.24, 2.45) is 0 Å². The van der Waals surface area contributed by atoms with E-state index < -0.39 is 10.0 Å². The van der Waals surface area contributed by atoms with Gasteiger partial charge in [0, 0.05) is 61.6 Å². The molecule has 0 radical (unpaired) electrons. The Labute approximate surface area is 205 Å². The van der Waals surface area contributed by atoms with Crippen LogP contribution in [-0.4, -0.2) is 71.2 Å². The summed E-state index contributed by atoms with van der Waals surface area (Å²) in [4.78, 5) is 8.84. The minimum absolute atomic E-state index is 0.218. The van der Waals surface area contributed by atoms with Crippen molar-refractivity contribution in [1.29, 1.82) is 0 Å². The zero-order valence-corrected chi connectivity index (χ0v) is 21.0. The fourth-order valence-corrected chi connectivity index (χ4v) is 5.18. The monoisotopic (exact) mass is 503 g/mol. The lowest BCUT2D eigenvalue weighted by Crippen LogP contribution is -2.37. The lowest BCUT2D eigenvalue weighted by Gasteiger charge is -2.28. The first-order valence-corrected chi connectivity index (χ1v) is 13.2. The first-order chi connectivity index (χ1) is 16.4. The third-order valence-electron chi connectivity index (χ3n) is 5.95. The molecule has 1 aliphatic rings. The van der Waals surface area contributed by atoms with Gasteiger partial charge in [0.2, 0.25) is 10.0 Å². The highest BCUT2D eigenvalue weighted by atomic mass is 35.5. The van der Waals surface area contributed by atoms with Crippen LogP contribution in [-0.2, 0) is 10.0 Å². The summed E-state index contributed by atoms with van der Waals surface area (Å²) < 4.78 is 33.9. The molecule has 0 saturated carbocycles. The number of anilines is 2. The number of fused-ring (bicyclic) bond motifs is 2. The third kappa shape index (κ3) is 5.72. The average Bonchev–Trinajstić information content (AvgIpc) is 2.82. The van der Waals surface area contributed by atoms with Crippen LogP contribution in [0.5, 0.6) is 5.75 Å². The van der Waals surface area contributed by atoms with E-state index in [0.717, 1.165) is 48.5 Å². The Bertz CT molecular complexity index is 1250. The number of halogens is 1. The SMILES string of the molecule is CCN(CCNc1ccnc2cc(Cl)ccc12)CCNS(=O)(=O)c1ccc2c(c1)OCCN2C. The molecular weight excluding hydrogens is 474 g/mol. The molecule has 0 fully saturated rings. The van der Waals surface area contributed by atoms with Crippen LogP contribution in [0.2, 0.25) is 5.02 Å². The third-order valence-corrected chi connectivity index (χ3v) is 7.65. The Balaban J connectivity index is 1.29. The molecule has 1 aromatic heterocycles. The number of nitrogens with zero attached hydrogens (tertiary/aromatic N) is 3. The van der Waals surface area contributed by atoms with Gasteiger partial charge in [0.05, 0.1) is 22.6 Å². The zero-order chi connectivity index (χ0) is 24.1. The minimum Gasteiger partial charge on any atom is -0.490 e. The molecule has 0 atom stereocenters. The van der Waals surface area contributed by atoms with Crippen LogP contribution in [0.15, 0.2) is 53.6 Å². The van der Waals surface area contributed by atoms with Gasteiger partial charge in [0.1, 0.15) is 12.4 Å². The molecule has 0 aliphatic carbocycles. The molecule has 0 bridgehead atoms. The van der Waals surface area contributed by atoms with Gasteiger partial charge in [-0.15, -0.1) is 0 Å². The molecule has 1 aliphatic heterocycles. The van der Waals surface area contributed by atoms with E-state index >= 15 is 0 Å². The van der Waals surface area contributed by atoms with E-state index in [-0.39, 0.29) is 4.90 Å². The highest BCUT2D eigenvalue weighted by molar-refractivity contribution is 7.89. The summed E-state index contributed by atoms with van der Waals surface area (Å²) in [5, 5.41) is 5.13. The van der Waals surface area contributed by atoms with E-state index in [0.29, 0.717) is 30.5 Å². The molecule has 34 heavy (non-hydrogen) atoms. The van der Waals surface area contributed by atoms with Gasteiger partial charge in [-0.3, -0.25) is 4.98 Å². The summed E-state index contributed by atoms with van der Waals surface area (Å²) in [5.41, 5.74) is 2.75. The summed E-state index contributed by atoms with van der Waals surface area (Å²) in [7, 11) is -1.65. The molecule has 0 amide bonds. The van der Waals surface area contributed by atoms with Gasteiger partial charge in [0.15, 0.2) is 0 Å². The van der Waals surface area contributed by atoms with Crippen LogP contribution < -0.4 is 19.7 Å². The van der Waals surface area contributed by atoms with Crippen LogP contribution >= 0.6 is 11.6 Å². The summed E-state index contributed by atoms with van der Waals surface area (Å²) >= 11 is 6.07. The topological polar surface area (TPSA) is 86.8 Å². The van der Waals surface area contributed by atoms with Crippen molar-refractivity contribution in [2.75, 3.05) is 63.1 Å². The number of aromatic nitrogens is 1. The quantitative estimate of drug-likeness (QED) is 0.438. The summed E-state index contributed by atoms with van der Waals surface area (Å²) in [6.45, 7) is 6.63. The standard InChI is InChI=1S/C24H30ClN5O3S/c1-3-30(12-10-27-21-8-9-26-22-16-18(25)4-6-20(21)22)13-11-28-34(31,32)19-5-7-23-24(17-19)33-15-14-29(23)2/h4-9,16-17,28H,3,10-15H2,1-2H3,(H,26,27). The van der Waals surface area contributed by atoms with Gasteiger partial charge in [-0.2, -0.15) is 0 Å². The highest BCUT2D eigenvalue weighted by Gasteiger charge is 2.20. The molecule has 0 spiro atoms. The Morgan fingerprint density at radius 3 is 2.79 bits per heavy atom. The molecule has 182 valence electrons. The van der Waals surface area contributed by atoms with E-state index in [1.165, 1.54) is 0 Å². The maximum Gasteiger partial charge on any atom is 0.240 e. The molecule has 4 rings (SSSR count). The molecular formula is C24H30ClN5O3S. The highest BCUT2D eigenvalue weighted by Crippen LogP contribution is 2.32. The predicted molar refractivity (Wildman–Crippen MR) is 138 cm³/mol.